The highest BCUT2D eigenvalue weighted by molar-refractivity contribution is 14.1. The van der Waals surface area contributed by atoms with Gasteiger partial charge in [0.25, 0.3) is 0 Å². The van der Waals surface area contributed by atoms with Gasteiger partial charge >= 0.3 is 12.1 Å². The molecule has 1 spiro atoms. The summed E-state index contributed by atoms with van der Waals surface area (Å²) in [7, 11) is 0. The van der Waals surface area contributed by atoms with E-state index in [1.165, 1.54) is 4.90 Å². The topological polar surface area (TPSA) is 120 Å². The molecule has 0 aliphatic carbocycles. The molecule has 7 rings (SSSR count). The molecule has 4 aliphatic rings. The summed E-state index contributed by atoms with van der Waals surface area (Å²) in [6.45, 7) is 1.68. The normalized spacial score (nSPS) is 24.5. The Balaban J connectivity index is 1.26. The molecule has 3 saturated heterocycles. The lowest BCUT2D eigenvalue weighted by atomic mass is 9.59. The number of carbonyl (C=O) groups is 4. The van der Waals surface area contributed by atoms with Crippen molar-refractivity contribution in [2.24, 2.45) is 0 Å². The Bertz CT molecular complexity index is 1770. The van der Waals surface area contributed by atoms with Crippen molar-refractivity contribution >= 4 is 75.4 Å². The molecule has 0 aromatic heterocycles. The van der Waals surface area contributed by atoms with E-state index in [-0.39, 0.29) is 36.4 Å². The minimum absolute atomic E-state index is 0.0774. The summed E-state index contributed by atoms with van der Waals surface area (Å²) in [5, 5.41) is 9.91. The highest BCUT2D eigenvalue weighted by Gasteiger charge is 2.61. The molecule has 4 heterocycles. The third-order valence-electron chi connectivity index (χ3n) is 9.38. The van der Waals surface area contributed by atoms with Crippen LogP contribution in [0.25, 0.3) is 0 Å². The van der Waals surface area contributed by atoms with Gasteiger partial charge < -0.3 is 25.6 Å². The Morgan fingerprint density at radius 1 is 0.957 bits per heavy atom. The Morgan fingerprint density at radius 3 is 2.48 bits per heavy atom. The van der Waals surface area contributed by atoms with Gasteiger partial charge in [-0.3, -0.25) is 9.59 Å². The van der Waals surface area contributed by atoms with Crippen LogP contribution in [0, 0.1) is 3.57 Å². The van der Waals surface area contributed by atoms with Crippen LogP contribution in [-0.2, 0) is 15.0 Å². The first-order valence-electron chi connectivity index (χ1n) is 15.1. The maximum Gasteiger partial charge on any atom is 0.328 e. The zero-order valence-electron chi connectivity index (χ0n) is 24.5. The zero-order chi connectivity index (χ0) is 32.2. The Kier molecular flexibility index (Phi) is 8.26. The largest absolute Gasteiger partial charge is 0.490 e. The highest BCUT2D eigenvalue weighted by atomic mass is 127. The van der Waals surface area contributed by atoms with Crippen molar-refractivity contribution in [3.05, 3.63) is 91.0 Å². The zero-order valence-corrected chi connectivity index (χ0v) is 28.2. The molecule has 4 aliphatic heterocycles. The van der Waals surface area contributed by atoms with Crippen molar-refractivity contribution in [1.82, 2.24) is 20.4 Å². The molecule has 0 bridgehead atoms. The molecule has 0 saturated carbocycles. The van der Waals surface area contributed by atoms with E-state index >= 15 is 0 Å². The second kappa shape index (κ2) is 12.2. The van der Waals surface area contributed by atoms with Crippen LogP contribution in [-0.4, -0.2) is 66.0 Å². The summed E-state index contributed by atoms with van der Waals surface area (Å²) in [5.74, 6) is -0.438. The number of nitrogens with zero attached hydrogens (tertiary/aromatic N) is 2. The van der Waals surface area contributed by atoms with Crippen LogP contribution in [0.1, 0.15) is 47.9 Å². The van der Waals surface area contributed by atoms with Crippen molar-refractivity contribution in [3.63, 3.8) is 0 Å². The average molecular weight is 774 g/mol. The average Bonchev–Trinajstić information content (AvgIpc) is 3.59. The van der Waals surface area contributed by atoms with Gasteiger partial charge in [-0.05, 0) is 76.2 Å². The summed E-state index contributed by atoms with van der Waals surface area (Å²) < 4.78 is 7.56. The van der Waals surface area contributed by atoms with Gasteiger partial charge in [0.15, 0.2) is 0 Å². The summed E-state index contributed by atoms with van der Waals surface area (Å²) >= 11 is 15.0. The first-order valence-corrected chi connectivity index (χ1v) is 17.0. The summed E-state index contributed by atoms with van der Waals surface area (Å²) in [4.78, 5) is 55.8. The van der Waals surface area contributed by atoms with Gasteiger partial charge in [0, 0.05) is 76.2 Å². The Hall–Kier alpha value is -3.55. The third-order valence-corrected chi connectivity index (χ3v) is 10.5. The standard InChI is InChI=1S/C33H30Cl2IN5O5/c34-19-3-1-2-18(14-19)25-17-28(42)39-29(33(25)24-6-4-20(35)15-26(24)38-30(33)43)23-16-21(36)5-7-27(23)46-22-8-11-40(12-9-22)32(45)41-13-10-37-31(41)44/h1-7,14-16,22,25,29H,8-13,17H2,(H,37,44)(H,38,43)(H,39,42)/t25-,29+,33-/m0/s1. The second-order valence-corrected chi connectivity index (χ2v) is 14.1. The lowest BCUT2D eigenvalue weighted by Crippen LogP contribution is -2.57. The van der Waals surface area contributed by atoms with Gasteiger partial charge in [-0.2, -0.15) is 0 Å². The van der Waals surface area contributed by atoms with E-state index in [9.17, 15) is 19.2 Å². The third kappa shape index (κ3) is 5.35. The molecule has 3 aromatic rings. The smallest absolute Gasteiger partial charge is 0.328 e. The fourth-order valence-corrected chi connectivity index (χ4v) is 8.18. The quantitative estimate of drug-likeness (QED) is 0.289. The maximum atomic E-state index is 14.4. The van der Waals surface area contributed by atoms with Gasteiger partial charge in [-0.25, -0.2) is 14.5 Å². The van der Waals surface area contributed by atoms with Crippen LogP contribution in [0.15, 0.2) is 60.7 Å². The van der Waals surface area contributed by atoms with Crippen LogP contribution < -0.4 is 20.7 Å². The number of benzene rings is 3. The number of likely N-dealkylation sites (tertiary alicyclic amines) is 1. The predicted octanol–water partition coefficient (Wildman–Crippen LogP) is 5.82. The molecule has 46 heavy (non-hydrogen) atoms. The van der Waals surface area contributed by atoms with Crippen LogP contribution in [0.2, 0.25) is 10.0 Å². The number of amides is 6. The number of anilines is 1. The Morgan fingerprint density at radius 2 is 1.74 bits per heavy atom. The molecule has 0 unspecified atom stereocenters. The molecule has 3 atom stereocenters. The summed E-state index contributed by atoms with van der Waals surface area (Å²) in [5.41, 5.74) is 1.55. The van der Waals surface area contributed by atoms with Gasteiger partial charge in [0.1, 0.15) is 17.3 Å². The minimum atomic E-state index is -1.24. The predicted molar refractivity (Wildman–Crippen MR) is 181 cm³/mol. The fourth-order valence-electron chi connectivity index (χ4n) is 7.29. The number of rotatable bonds is 4. The summed E-state index contributed by atoms with van der Waals surface area (Å²) in [6, 6.07) is 17.0. The van der Waals surface area contributed by atoms with Gasteiger partial charge in [-0.15, -0.1) is 0 Å². The van der Waals surface area contributed by atoms with Crippen molar-refractivity contribution in [2.75, 3.05) is 31.5 Å². The van der Waals surface area contributed by atoms with Crippen molar-refractivity contribution in [3.8, 4) is 5.75 Å². The molecule has 3 fully saturated rings. The van der Waals surface area contributed by atoms with E-state index in [1.807, 2.05) is 42.5 Å². The monoisotopic (exact) mass is 773 g/mol. The summed E-state index contributed by atoms with van der Waals surface area (Å²) in [6.07, 6.45) is 0.968. The van der Waals surface area contributed by atoms with Crippen LogP contribution in [0.5, 0.6) is 5.75 Å². The SMILES string of the molecule is O=C1C[C@@H](c2cccc(Cl)c2)[C@]2(C(=O)Nc3cc(Cl)ccc32)[C@@H](c2cc(I)ccc2OC2CCN(C(=O)N3CCNC3=O)CC2)N1. The Labute approximate surface area is 289 Å². The highest BCUT2D eigenvalue weighted by Crippen LogP contribution is 2.58. The van der Waals surface area contributed by atoms with Crippen molar-refractivity contribution in [1.29, 1.82) is 0 Å². The number of hydrogen-bond donors (Lipinski definition) is 3. The van der Waals surface area contributed by atoms with Crippen LogP contribution in [0.3, 0.4) is 0 Å². The van der Waals surface area contributed by atoms with Crippen molar-refractivity contribution < 1.29 is 23.9 Å². The second-order valence-electron chi connectivity index (χ2n) is 12.0. The molecule has 238 valence electrons. The first-order chi connectivity index (χ1) is 22.1. The minimum Gasteiger partial charge on any atom is -0.490 e. The lowest BCUT2D eigenvalue weighted by Gasteiger charge is -2.47. The number of nitrogens with one attached hydrogen (secondary N) is 3. The fraction of sp³-hybridized carbons (Fsp3) is 0.333. The number of piperidine rings is 2. The van der Waals surface area contributed by atoms with Gasteiger partial charge in [-0.1, -0.05) is 41.4 Å². The molecule has 3 aromatic carbocycles. The lowest BCUT2D eigenvalue weighted by molar-refractivity contribution is -0.131. The molecule has 3 N–H and O–H groups in total. The molecule has 6 amide bonds. The van der Waals surface area contributed by atoms with Crippen LogP contribution in [0.4, 0.5) is 15.3 Å². The molecule has 0 radical (unpaired) electrons. The number of fused-ring (bicyclic) bond motifs is 2. The number of ether oxygens (including phenoxy) is 1. The maximum absolute atomic E-state index is 14.4. The molecular weight excluding hydrogens is 744 g/mol. The van der Waals surface area contributed by atoms with E-state index in [1.54, 1.807) is 23.1 Å². The van der Waals surface area contributed by atoms with Gasteiger partial charge in [0.2, 0.25) is 11.8 Å². The van der Waals surface area contributed by atoms with Crippen LogP contribution >= 0.6 is 45.8 Å². The van der Waals surface area contributed by atoms with Crippen molar-refractivity contribution in [2.45, 2.75) is 42.7 Å². The van der Waals surface area contributed by atoms with Gasteiger partial charge in [0.05, 0.1) is 6.04 Å². The van der Waals surface area contributed by atoms with E-state index in [2.05, 4.69) is 38.5 Å². The van der Waals surface area contributed by atoms with E-state index in [0.717, 1.165) is 14.7 Å². The van der Waals surface area contributed by atoms with E-state index in [0.29, 0.717) is 66.1 Å². The molecule has 10 nitrogen and oxygen atoms in total. The number of imide groups is 1. The number of halogens is 3. The van der Waals surface area contributed by atoms with E-state index < -0.39 is 17.4 Å². The molecular formula is C33H30Cl2IN5O5. The number of carbonyl (C=O) groups excluding carboxylic acids is 4. The molecule has 13 heteroatoms. The number of hydrogen-bond acceptors (Lipinski definition) is 5. The number of urea groups is 2. The first kappa shape index (κ1) is 31.1. The van der Waals surface area contributed by atoms with E-state index in [4.69, 9.17) is 27.9 Å².